The summed E-state index contributed by atoms with van der Waals surface area (Å²) in [4.78, 5) is 13.0. The number of rotatable bonds is 6. The van der Waals surface area contributed by atoms with Crippen LogP contribution >= 0.6 is 15.9 Å². The van der Waals surface area contributed by atoms with E-state index in [9.17, 15) is 10.1 Å². The maximum Gasteiger partial charge on any atom is 0.283 e. The zero-order valence-electron chi connectivity index (χ0n) is 11.6. The molecule has 0 aromatic heterocycles. The average Bonchev–Trinajstić information content (AvgIpc) is 2.94. The van der Waals surface area contributed by atoms with E-state index in [0.717, 1.165) is 12.1 Å². The summed E-state index contributed by atoms with van der Waals surface area (Å²) in [5.41, 5.74) is 1.05. The van der Waals surface area contributed by atoms with E-state index in [4.69, 9.17) is 0 Å². The molecule has 1 aromatic rings. The van der Waals surface area contributed by atoms with Gasteiger partial charge in [0.15, 0.2) is 0 Å². The molecule has 1 N–H and O–H groups in total. The van der Waals surface area contributed by atoms with E-state index >= 15 is 0 Å². The van der Waals surface area contributed by atoms with E-state index in [-0.39, 0.29) is 10.6 Å². The van der Waals surface area contributed by atoms with E-state index in [1.807, 2.05) is 6.07 Å². The predicted molar refractivity (Wildman–Crippen MR) is 82.8 cm³/mol. The summed E-state index contributed by atoms with van der Waals surface area (Å²) < 4.78 is 0.575. The van der Waals surface area contributed by atoms with Gasteiger partial charge in [-0.25, -0.2) is 0 Å². The SMILES string of the molecule is CC(CNCc1cccc([N+](=O)[O-])c1Br)N1CCCC1. The molecule has 0 bridgehead atoms. The summed E-state index contributed by atoms with van der Waals surface area (Å²) in [6.07, 6.45) is 2.58. The van der Waals surface area contributed by atoms with Crippen molar-refractivity contribution in [1.29, 1.82) is 0 Å². The fourth-order valence-corrected chi connectivity index (χ4v) is 3.12. The second-order valence-electron chi connectivity index (χ2n) is 5.23. The van der Waals surface area contributed by atoms with Crippen LogP contribution in [0.4, 0.5) is 5.69 Å². The number of halogens is 1. The van der Waals surface area contributed by atoms with Crippen molar-refractivity contribution in [1.82, 2.24) is 10.2 Å². The summed E-state index contributed by atoms with van der Waals surface area (Å²) in [6, 6.07) is 5.66. The molecule has 0 spiro atoms. The van der Waals surface area contributed by atoms with Gasteiger partial charge in [0.05, 0.1) is 9.40 Å². The molecule has 6 heteroatoms. The highest BCUT2D eigenvalue weighted by atomic mass is 79.9. The van der Waals surface area contributed by atoms with Gasteiger partial charge in [-0.15, -0.1) is 0 Å². The minimum Gasteiger partial charge on any atom is -0.311 e. The highest BCUT2D eigenvalue weighted by Crippen LogP contribution is 2.28. The molecule has 1 heterocycles. The van der Waals surface area contributed by atoms with Gasteiger partial charge in [-0.3, -0.25) is 15.0 Å². The molecule has 1 fully saturated rings. The average molecular weight is 342 g/mol. The Balaban J connectivity index is 1.87. The van der Waals surface area contributed by atoms with Crippen LogP contribution in [0.2, 0.25) is 0 Å². The Morgan fingerprint density at radius 3 is 2.80 bits per heavy atom. The second-order valence-corrected chi connectivity index (χ2v) is 6.02. The zero-order valence-corrected chi connectivity index (χ0v) is 13.2. The second kappa shape index (κ2) is 7.15. The molecule has 0 radical (unpaired) electrons. The Bertz CT molecular complexity index is 475. The summed E-state index contributed by atoms with van der Waals surface area (Å²) in [6.45, 7) is 6.13. The molecule has 0 saturated carbocycles. The van der Waals surface area contributed by atoms with Crippen molar-refractivity contribution in [2.45, 2.75) is 32.4 Å². The fraction of sp³-hybridized carbons (Fsp3) is 0.571. The first-order valence-corrected chi connectivity index (χ1v) is 7.75. The maximum absolute atomic E-state index is 10.9. The normalized spacial score (nSPS) is 17.3. The van der Waals surface area contributed by atoms with Gasteiger partial charge in [0.1, 0.15) is 0 Å². The maximum atomic E-state index is 10.9. The lowest BCUT2D eigenvalue weighted by Crippen LogP contribution is -2.38. The van der Waals surface area contributed by atoms with E-state index in [1.165, 1.54) is 32.0 Å². The van der Waals surface area contributed by atoms with Crippen molar-refractivity contribution in [3.8, 4) is 0 Å². The molecule has 2 rings (SSSR count). The molecule has 1 saturated heterocycles. The number of nitro groups is 1. The zero-order chi connectivity index (χ0) is 14.5. The molecule has 5 nitrogen and oxygen atoms in total. The van der Waals surface area contributed by atoms with Crippen LogP contribution in [0.5, 0.6) is 0 Å². The Kier molecular flexibility index (Phi) is 5.51. The lowest BCUT2D eigenvalue weighted by Gasteiger charge is -2.24. The van der Waals surface area contributed by atoms with Crippen molar-refractivity contribution < 1.29 is 4.92 Å². The highest BCUT2D eigenvalue weighted by Gasteiger charge is 2.18. The van der Waals surface area contributed by atoms with Gasteiger partial charge in [-0.2, -0.15) is 0 Å². The molecular formula is C14H20BrN3O2. The van der Waals surface area contributed by atoms with E-state index < -0.39 is 0 Å². The molecule has 1 unspecified atom stereocenters. The third kappa shape index (κ3) is 3.77. The van der Waals surface area contributed by atoms with Crippen LogP contribution in [0.25, 0.3) is 0 Å². The van der Waals surface area contributed by atoms with Crippen LogP contribution in [0.1, 0.15) is 25.3 Å². The van der Waals surface area contributed by atoms with Crippen LogP contribution in [0.3, 0.4) is 0 Å². The Hall–Kier alpha value is -0.980. The van der Waals surface area contributed by atoms with Crippen molar-refractivity contribution in [3.63, 3.8) is 0 Å². The standard InChI is InChI=1S/C14H20BrN3O2/c1-11(17-7-2-3-8-17)9-16-10-12-5-4-6-13(14(12)15)18(19)20/h4-6,11,16H,2-3,7-10H2,1H3. The number of benzene rings is 1. The summed E-state index contributed by atoms with van der Waals surface area (Å²) in [5.74, 6) is 0. The molecule has 20 heavy (non-hydrogen) atoms. The number of hydrogen-bond acceptors (Lipinski definition) is 4. The van der Waals surface area contributed by atoms with Gasteiger partial charge < -0.3 is 5.32 Å². The number of nitro benzene ring substituents is 1. The largest absolute Gasteiger partial charge is 0.311 e. The third-order valence-corrected chi connectivity index (χ3v) is 4.69. The van der Waals surface area contributed by atoms with Crippen molar-refractivity contribution in [2.75, 3.05) is 19.6 Å². The van der Waals surface area contributed by atoms with Gasteiger partial charge in [-0.1, -0.05) is 12.1 Å². The monoisotopic (exact) mass is 341 g/mol. The molecule has 1 aromatic carbocycles. The third-order valence-electron chi connectivity index (χ3n) is 3.77. The molecule has 1 aliphatic rings. The summed E-state index contributed by atoms with van der Waals surface area (Å²) >= 11 is 3.32. The van der Waals surface area contributed by atoms with Gasteiger partial charge in [0.25, 0.3) is 5.69 Å². The van der Waals surface area contributed by atoms with E-state index in [1.54, 1.807) is 6.07 Å². The lowest BCUT2D eigenvalue weighted by atomic mass is 10.2. The van der Waals surface area contributed by atoms with Gasteiger partial charge in [0, 0.05) is 25.2 Å². The van der Waals surface area contributed by atoms with Crippen LogP contribution in [0, 0.1) is 10.1 Å². The first-order valence-electron chi connectivity index (χ1n) is 6.96. The van der Waals surface area contributed by atoms with E-state index in [0.29, 0.717) is 17.1 Å². The van der Waals surface area contributed by atoms with Gasteiger partial charge in [-0.05, 0) is 54.3 Å². The molecule has 110 valence electrons. The Morgan fingerprint density at radius 2 is 2.15 bits per heavy atom. The molecule has 0 amide bonds. The van der Waals surface area contributed by atoms with Crippen LogP contribution < -0.4 is 5.32 Å². The van der Waals surface area contributed by atoms with Gasteiger partial charge >= 0.3 is 0 Å². The smallest absolute Gasteiger partial charge is 0.283 e. The highest BCUT2D eigenvalue weighted by molar-refractivity contribution is 9.10. The minimum atomic E-state index is -0.361. The van der Waals surface area contributed by atoms with Crippen LogP contribution in [0.15, 0.2) is 22.7 Å². The van der Waals surface area contributed by atoms with Crippen molar-refractivity contribution >= 4 is 21.6 Å². The first kappa shape index (κ1) is 15.4. The van der Waals surface area contributed by atoms with Crippen molar-refractivity contribution in [2.24, 2.45) is 0 Å². The van der Waals surface area contributed by atoms with Crippen molar-refractivity contribution in [3.05, 3.63) is 38.3 Å². The quantitative estimate of drug-likeness (QED) is 0.638. The minimum absolute atomic E-state index is 0.122. The molecule has 1 atom stereocenters. The summed E-state index contributed by atoms with van der Waals surface area (Å²) in [5, 5.41) is 14.3. The Labute approximate surface area is 127 Å². The summed E-state index contributed by atoms with van der Waals surface area (Å²) in [7, 11) is 0. The molecular weight excluding hydrogens is 322 g/mol. The number of nitrogens with zero attached hydrogens (tertiary/aromatic N) is 2. The topological polar surface area (TPSA) is 58.4 Å². The number of likely N-dealkylation sites (tertiary alicyclic amines) is 1. The lowest BCUT2D eigenvalue weighted by molar-refractivity contribution is -0.385. The Morgan fingerprint density at radius 1 is 1.45 bits per heavy atom. The number of nitrogens with one attached hydrogen (secondary N) is 1. The molecule has 0 aliphatic carbocycles. The molecule has 1 aliphatic heterocycles. The van der Waals surface area contributed by atoms with Crippen LogP contribution in [-0.2, 0) is 6.54 Å². The fourth-order valence-electron chi connectivity index (χ4n) is 2.57. The van der Waals surface area contributed by atoms with Crippen LogP contribution in [-0.4, -0.2) is 35.5 Å². The van der Waals surface area contributed by atoms with Gasteiger partial charge in [0.2, 0.25) is 0 Å². The van der Waals surface area contributed by atoms with E-state index in [2.05, 4.69) is 33.1 Å². The predicted octanol–water partition coefficient (Wildman–Crippen LogP) is 2.93. The first-order chi connectivity index (χ1) is 9.59. The number of hydrogen-bond donors (Lipinski definition) is 1.